The Bertz CT molecular complexity index is 520. The molecule has 94 valence electrons. The normalized spacial score (nSPS) is 18.1. The van der Waals surface area contributed by atoms with Gasteiger partial charge in [-0.05, 0) is 30.5 Å². The second-order valence-corrected chi connectivity index (χ2v) is 5.14. The largest absolute Gasteiger partial charge is 0.463 e. The predicted octanol–water partition coefficient (Wildman–Crippen LogP) is 2.77. The third-order valence-corrected chi connectivity index (χ3v) is 3.52. The average molecular weight is 309 g/mol. The van der Waals surface area contributed by atoms with Gasteiger partial charge in [0.05, 0.1) is 11.4 Å². The maximum atomic E-state index is 11.7. The first-order valence-corrected chi connectivity index (χ1v) is 6.69. The number of rotatable bonds is 3. The number of ketones is 1. The number of esters is 1. The van der Waals surface area contributed by atoms with Gasteiger partial charge in [0.25, 0.3) is 0 Å². The van der Waals surface area contributed by atoms with Crippen molar-refractivity contribution in [1.82, 2.24) is 0 Å². The molecule has 18 heavy (non-hydrogen) atoms. The van der Waals surface area contributed by atoms with E-state index < -0.39 is 0 Å². The molecule has 1 aliphatic rings. The Hall–Kier alpha value is -1.42. The Morgan fingerprint density at radius 2 is 2.33 bits per heavy atom. The lowest BCUT2D eigenvalue weighted by Crippen LogP contribution is -2.05. The van der Waals surface area contributed by atoms with Crippen LogP contribution in [0.3, 0.4) is 0 Å². The van der Waals surface area contributed by atoms with Crippen LogP contribution in [-0.2, 0) is 16.0 Å². The molecule has 3 nitrogen and oxygen atoms in total. The summed E-state index contributed by atoms with van der Waals surface area (Å²) in [5.74, 6) is -0.224. The summed E-state index contributed by atoms with van der Waals surface area (Å²) in [5, 5.41) is 0. The Balaban J connectivity index is 2.16. The summed E-state index contributed by atoms with van der Waals surface area (Å²) in [5.41, 5.74) is 2.69. The van der Waals surface area contributed by atoms with Gasteiger partial charge < -0.3 is 4.74 Å². The molecule has 1 aromatic carbocycles. The van der Waals surface area contributed by atoms with E-state index in [0.29, 0.717) is 13.0 Å². The van der Waals surface area contributed by atoms with Crippen molar-refractivity contribution in [3.63, 3.8) is 0 Å². The number of Topliss-reactive ketones (excluding diaryl/α,β-unsaturated/α-hetero) is 1. The van der Waals surface area contributed by atoms with Crippen LogP contribution in [0.2, 0.25) is 0 Å². The maximum Gasteiger partial charge on any atom is 0.330 e. The Morgan fingerprint density at radius 3 is 3.06 bits per heavy atom. The molecule has 0 fully saturated rings. The van der Waals surface area contributed by atoms with E-state index in [-0.39, 0.29) is 16.6 Å². The fourth-order valence-electron chi connectivity index (χ4n) is 1.94. The van der Waals surface area contributed by atoms with Crippen LogP contribution in [0.4, 0.5) is 0 Å². The van der Waals surface area contributed by atoms with Gasteiger partial charge in [-0.1, -0.05) is 34.1 Å². The van der Waals surface area contributed by atoms with Crippen LogP contribution in [-0.4, -0.2) is 23.2 Å². The van der Waals surface area contributed by atoms with Crippen LogP contribution < -0.4 is 0 Å². The highest BCUT2D eigenvalue weighted by atomic mass is 79.9. The monoisotopic (exact) mass is 308 g/mol. The summed E-state index contributed by atoms with van der Waals surface area (Å²) in [6, 6.07) is 5.57. The number of hydrogen-bond donors (Lipinski definition) is 0. The molecule has 1 unspecified atom stereocenters. The summed E-state index contributed by atoms with van der Waals surface area (Å²) in [6.07, 6.45) is 3.80. The summed E-state index contributed by atoms with van der Waals surface area (Å²) >= 11 is 3.35. The fraction of sp³-hybridized carbons (Fsp3) is 0.286. The molecule has 0 heterocycles. The third-order valence-electron chi connectivity index (χ3n) is 2.78. The molecule has 0 spiro atoms. The second-order valence-electron chi connectivity index (χ2n) is 4.04. The number of hydrogen-bond acceptors (Lipinski definition) is 3. The molecular formula is C14H13BrO3. The van der Waals surface area contributed by atoms with Gasteiger partial charge in [-0.15, -0.1) is 0 Å². The highest BCUT2D eigenvalue weighted by Crippen LogP contribution is 2.27. The SMILES string of the molecule is CCOC(=O)/C=C/c1ccc2c(c1)CC(Br)C2=O. The van der Waals surface area contributed by atoms with E-state index in [4.69, 9.17) is 4.74 Å². The van der Waals surface area contributed by atoms with Gasteiger partial charge in [-0.25, -0.2) is 4.79 Å². The van der Waals surface area contributed by atoms with Crippen molar-refractivity contribution in [2.45, 2.75) is 18.2 Å². The third kappa shape index (κ3) is 2.70. The topological polar surface area (TPSA) is 43.4 Å². The molecule has 2 rings (SSSR count). The van der Waals surface area contributed by atoms with Crippen molar-refractivity contribution in [3.05, 3.63) is 41.0 Å². The van der Waals surface area contributed by atoms with E-state index in [1.165, 1.54) is 6.08 Å². The van der Waals surface area contributed by atoms with E-state index in [1.54, 1.807) is 13.0 Å². The van der Waals surface area contributed by atoms with Gasteiger partial charge in [0.1, 0.15) is 0 Å². The Labute approximate surface area is 114 Å². The number of halogens is 1. The van der Waals surface area contributed by atoms with Gasteiger partial charge in [0.15, 0.2) is 5.78 Å². The highest BCUT2D eigenvalue weighted by molar-refractivity contribution is 9.10. The number of benzene rings is 1. The lowest BCUT2D eigenvalue weighted by Gasteiger charge is -1.99. The zero-order valence-corrected chi connectivity index (χ0v) is 11.6. The zero-order valence-electron chi connectivity index (χ0n) is 9.98. The minimum absolute atomic E-state index is 0.114. The molecule has 1 atom stereocenters. The molecule has 0 amide bonds. The molecule has 0 saturated heterocycles. The molecule has 0 saturated carbocycles. The van der Waals surface area contributed by atoms with Gasteiger partial charge in [0, 0.05) is 11.6 Å². The van der Waals surface area contributed by atoms with Crippen LogP contribution >= 0.6 is 15.9 Å². The summed E-state index contributed by atoms with van der Waals surface area (Å²) < 4.78 is 4.80. The Kier molecular flexibility index (Phi) is 3.97. The minimum atomic E-state index is -0.354. The Morgan fingerprint density at radius 1 is 1.56 bits per heavy atom. The van der Waals surface area contributed by atoms with Crippen molar-refractivity contribution in [1.29, 1.82) is 0 Å². The van der Waals surface area contributed by atoms with E-state index in [0.717, 1.165) is 16.7 Å². The van der Waals surface area contributed by atoms with Gasteiger partial charge in [-0.3, -0.25) is 4.79 Å². The van der Waals surface area contributed by atoms with Crippen molar-refractivity contribution in [2.24, 2.45) is 0 Å². The number of ether oxygens (including phenoxy) is 1. The molecule has 0 aliphatic heterocycles. The second kappa shape index (κ2) is 5.48. The van der Waals surface area contributed by atoms with Gasteiger partial charge in [-0.2, -0.15) is 0 Å². The minimum Gasteiger partial charge on any atom is -0.463 e. The van der Waals surface area contributed by atoms with E-state index in [9.17, 15) is 9.59 Å². The zero-order chi connectivity index (χ0) is 13.1. The quantitative estimate of drug-likeness (QED) is 0.490. The standard InChI is InChI=1S/C14H13BrO3/c1-2-18-13(16)6-4-9-3-5-11-10(7-9)8-12(15)14(11)17/h3-7,12H,2,8H2,1H3/b6-4+. The predicted molar refractivity (Wildman–Crippen MR) is 72.9 cm³/mol. The lowest BCUT2D eigenvalue weighted by atomic mass is 10.1. The van der Waals surface area contributed by atoms with Gasteiger partial charge in [0.2, 0.25) is 0 Å². The van der Waals surface area contributed by atoms with Crippen LogP contribution in [0.15, 0.2) is 24.3 Å². The average Bonchev–Trinajstić information content (AvgIpc) is 2.63. The molecule has 0 N–H and O–H groups in total. The van der Waals surface area contributed by atoms with Crippen molar-refractivity contribution in [3.8, 4) is 0 Å². The lowest BCUT2D eigenvalue weighted by molar-refractivity contribution is -0.137. The van der Waals surface area contributed by atoms with E-state index in [2.05, 4.69) is 15.9 Å². The molecule has 0 aromatic heterocycles. The molecule has 0 bridgehead atoms. The summed E-state index contributed by atoms with van der Waals surface area (Å²) in [6.45, 7) is 2.13. The number of fused-ring (bicyclic) bond motifs is 1. The highest BCUT2D eigenvalue weighted by Gasteiger charge is 2.27. The number of carbonyl (C=O) groups excluding carboxylic acids is 2. The fourth-order valence-corrected chi connectivity index (χ4v) is 2.53. The molecule has 0 radical (unpaired) electrons. The van der Waals surface area contributed by atoms with E-state index >= 15 is 0 Å². The van der Waals surface area contributed by atoms with Crippen molar-refractivity contribution in [2.75, 3.05) is 6.61 Å². The van der Waals surface area contributed by atoms with Crippen molar-refractivity contribution < 1.29 is 14.3 Å². The van der Waals surface area contributed by atoms with Crippen LogP contribution in [0.1, 0.15) is 28.4 Å². The number of carbonyl (C=O) groups is 2. The van der Waals surface area contributed by atoms with Crippen molar-refractivity contribution >= 4 is 33.8 Å². The molecule has 4 heteroatoms. The first-order valence-electron chi connectivity index (χ1n) is 5.78. The first kappa shape index (κ1) is 13.0. The van der Waals surface area contributed by atoms with Crippen LogP contribution in [0.5, 0.6) is 0 Å². The van der Waals surface area contributed by atoms with Crippen LogP contribution in [0, 0.1) is 0 Å². The number of alkyl halides is 1. The molecule has 1 aromatic rings. The van der Waals surface area contributed by atoms with Gasteiger partial charge >= 0.3 is 5.97 Å². The maximum absolute atomic E-state index is 11.7. The van der Waals surface area contributed by atoms with Crippen LogP contribution in [0.25, 0.3) is 6.08 Å². The van der Waals surface area contributed by atoms with E-state index in [1.807, 2.05) is 18.2 Å². The molecular weight excluding hydrogens is 296 g/mol. The first-order chi connectivity index (χ1) is 8.61. The summed E-state index contributed by atoms with van der Waals surface area (Å²) in [7, 11) is 0. The smallest absolute Gasteiger partial charge is 0.330 e. The summed E-state index contributed by atoms with van der Waals surface area (Å²) in [4.78, 5) is 22.8. The molecule has 1 aliphatic carbocycles.